The molecule has 1 aromatic heterocycles. The molecule has 2 heterocycles. The van der Waals surface area contributed by atoms with Crippen molar-refractivity contribution in [1.29, 1.82) is 0 Å². The number of hydrogen-bond donors (Lipinski definition) is 0. The molecule has 1 aliphatic heterocycles. The van der Waals surface area contributed by atoms with Crippen LogP contribution in [0.1, 0.15) is 37.6 Å². The highest BCUT2D eigenvalue weighted by Crippen LogP contribution is 2.28. The third kappa shape index (κ3) is 2.14. The third-order valence-corrected chi connectivity index (χ3v) is 3.62. The Balaban J connectivity index is 2.38. The summed E-state index contributed by atoms with van der Waals surface area (Å²) in [7, 11) is 0. The molecule has 0 amide bonds. The van der Waals surface area contributed by atoms with Crippen molar-refractivity contribution >= 4 is 17.4 Å². The van der Waals surface area contributed by atoms with E-state index < -0.39 is 0 Å². The van der Waals surface area contributed by atoms with Crippen molar-refractivity contribution in [3.05, 3.63) is 16.5 Å². The summed E-state index contributed by atoms with van der Waals surface area (Å²) in [6, 6.07) is 0.554. The van der Waals surface area contributed by atoms with Crippen LogP contribution < -0.4 is 4.90 Å². The molecule has 0 bridgehead atoms. The average Bonchev–Trinajstić information content (AvgIpc) is 2.24. The summed E-state index contributed by atoms with van der Waals surface area (Å²) in [5, 5.41) is 0.584. The summed E-state index contributed by atoms with van der Waals surface area (Å²) in [5.74, 6) is 1.77. The van der Waals surface area contributed by atoms with Gasteiger partial charge in [-0.05, 0) is 40.0 Å². The lowest BCUT2D eigenvalue weighted by molar-refractivity contribution is 0.480. The molecule has 1 aliphatic rings. The Bertz CT molecular complexity index is 392. The monoisotopic (exact) mass is 239 g/mol. The molecule has 0 N–H and O–H groups in total. The Labute approximate surface area is 102 Å². The standard InChI is InChI=1S/C12H18ClN3/c1-8-6-4-5-7-16(8)12-9(2)11(13)14-10(3)15-12/h8H,4-7H2,1-3H3. The number of aryl methyl sites for hydroxylation is 1. The van der Waals surface area contributed by atoms with E-state index >= 15 is 0 Å². The molecule has 1 saturated heterocycles. The second kappa shape index (κ2) is 4.58. The van der Waals surface area contributed by atoms with Crippen molar-refractivity contribution in [2.75, 3.05) is 11.4 Å². The maximum absolute atomic E-state index is 6.11. The van der Waals surface area contributed by atoms with E-state index in [0.717, 1.165) is 23.8 Å². The zero-order valence-corrected chi connectivity index (χ0v) is 10.9. The molecule has 1 fully saturated rings. The van der Waals surface area contributed by atoms with E-state index in [-0.39, 0.29) is 0 Å². The molecule has 16 heavy (non-hydrogen) atoms. The highest BCUT2D eigenvalue weighted by molar-refractivity contribution is 6.30. The fourth-order valence-electron chi connectivity index (χ4n) is 2.27. The van der Waals surface area contributed by atoms with Gasteiger partial charge in [0.2, 0.25) is 0 Å². The fourth-order valence-corrected chi connectivity index (χ4v) is 2.48. The van der Waals surface area contributed by atoms with Crippen LogP contribution in [0.4, 0.5) is 5.82 Å². The summed E-state index contributed by atoms with van der Waals surface area (Å²) < 4.78 is 0. The molecule has 0 saturated carbocycles. The Kier molecular flexibility index (Phi) is 3.33. The predicted molar refractivity (Wildman–Crippen MR) is 67.2 cm³/mol. The lowest BCUT2D eigenvalue weighted by Crippen LogP contribution is -2.38. The molecule has 1 atom stereocenters. The van der Waals surface area contributed by atoms with Gasteiger partial charge in [-0.15, -0.1) is 0 Å². The minimum absolute atomic E-state index is 0.554. The van der Waals surface area contributed by atoms with E-state index in [1.54, 1.807) is 0 Å². The highest BCUT2D eigenvalue weighted by atomic mass is 35.5. The van der Waals surface area contributed by atoms with Crippen LogP contribution in [0.25, 0.3) is 0 Å². The first kappa shape index (κ1) is 11.6. The highest BCUT2D eigenvalue weighted by Gasteiger charge is 2.22. The zero-order chi connectivity index (χ0) is 11.7. The first-order chi connectivity index (χ1) is 7.59. The number of rotatable bonds is 1. The van der Waals surface area contributed by atoms with Gasteiger partial charge in [-0.3, -0.25) is 0 Å². The van der Waals surface area contributed by atoms with Crippen LogP contribution in [0, 0.1) is 13.8 Å². The molecule has 0 spiro atoms. The number of anilines is 1. The van der Waals surface area contributed by atoms with Gasteiger partial charge < -0.3 is 4.90 Å². The smallest absolute Gasteiger partial charge is 0.137 e. The van der Waals surface area contributed by atoms with Gasteiger partial charge in [0.25, 0.3) is 0 Å². The van der Waals surface area contributed by atoms with Crippen LogP contribution >= 0.6 is 11.6 Å². The maximum Gasteiger partial charge on any atom is 0.137 e. The van der Waals surface area contributed by atoms with Gasteiger partial charge in [0.05, 0.1) is 0 Å². The second-order valence-electron chi connectivity index (χ2n) is 4.55. The van der Waals surface area contributed by atoms with Gasteiger partial charge in [0, 0.05) is 18.2 Å². The van der Waals surface area contributed by atoms with E-state index in [4.69, 9.17) is 11.6 Å². The maximum atomic E-state index is 6.11. The summed E-state index contributed by atoms with van der Waals surface area (Å²) >= 11 is 6.11. The molecule has 4 heteroatoms. The van der Waals surface area contributed by atoms with Gasteiger partial charge in [-0.25, -0.2) is 9.97 Å². The van der Waals surface area contributed by atoms with Crippen LogP contribution in [0.3, 0.4) is 0 Å². The lowest BCUT2D eigenvalue weighted by Gasteiger charge is -2.35. The van der Waals surface area contributed by atoms with Gasteiger partial charge in [-0.1, -0.05) is 11.6 Å². The van der Waals surface area contributed by atoms with Gasteiger partial charge in [0.1, 0.15) is 16.8 Å². The first-order valence-electron chi connectivity index (χ1n) is 5.87. The van der Waals surface area contributed by atoms with E-state index in [9.17, 15) is 0 Å². The molecule has 2 rings (SSSR count). The quantitative estimate of drug-likeness (QED) is 0.705. The third-order valence-electron chi connectivity index (χ3n) is 3.25. The fraction of sp³-hybridized carbons (Fsp3) is 0.667. The van der Waals surface area contributed by atoms with Gasteiger partial charge >= 0.3 is 0 Å². The van der Waals surface area contributed by atoms with E-state index in [1.165, 1.54) is 19.3 Å². The Morgan fingerprint density at radius 3 is 2.69 bits per heavy atom. The second-order valence-corrected chi connectivity index (χ2v) is 4.91. The van der Waals surface area contributed by atoms with Crippen molar-refractivity contribution in [3.63, 3.8) is 0 Å². The minimum atomic E-state index is 0.554. The average molecular weight is 240 g/mol. The Morgan fingerprint density at radius 1 is 1.25 bits per heavy atom. The largest absolute Gasteiger partial charge is 0.354 e. The number of nitrogens with zero attached hydrogens (tertiary/aromatic N) is 3. The number of halogens is 1. The predicted octanol–water partition coefficient (Wildman–Crippen LogP) is 3.13. The zero-order valence-electron chi connectivity index (χ0n) is 10.1. The van der Waals surface area contributed by atoms with Gasteiger partial charge in [-0.2, -0.15) is 0 Å². The van der Waals surface area contributed by atoms with Crippen molar-refractivity contribution in [3.8, 4) is 0 Å². The topological polar surface area (TPSA) is 29.0 Å². The van der Waals surface area contributed by atoms with E-state index in [0.29, 0.717) is 11.2 Å². The van der Waals surface area contributed by atoms with Crippen LogP contribution in [0.2, 0.25) is 5.15 Å². The first-order valence-corrected chi connectivity index (χ1v) is 6.25. The summed E-state index contributed by atoms with van der Waals surface area (Å²) in [4.78, 5) is 11.1. The number of aromatic nitrogens is 2. The van der Waals surface area contributed by atoms with Crippen LogP contribution in [0.5, 0.6) is 0 Å². The van der Waals surface area contributed by atoms with Crippen LogP contribution in [-0.4, -0.2) is 22.6 Å². The molecule has 1 aromatic rings. The SMILES string of the molecule is Cc1nc(Cl)c(C)c(N2CCCCC2C)n1. The summed E-state index contributed by atoms with van der Waals surface area (Å²) in [5.41, 5.74) is 1.00. The van der Waals surface area contributed by atoms with E-state index in [1.807, 2.05) is 13.8 Å². The van der Waals surface area contributed by atoms with Crippen molar-refractivity contribution in [1.82, 2.24) is 9.97 Å². The molecule has 3 nitrogen and oxygen atoms in total. The molecule has 1 unspecified atom stereocenters. The molecule has 0 radical (unpaired) electrons. The van der Waals surface area contributed by atoms with Gasteiger partial charge in [0.15, 0.2) is 0 Å². The van der Waals surface area contributed by atoms with Crippen molar-refractivity contribution in [2.24, 2.45) is 0 Å². The number of piperidine rings is 1. The summed E-state index contributed by atoms with van der Waals surface area (Å²) in [6.07, 6.45) is 3.79. The molecule has 88 valence electrons. The van der Waals surface area contributed by atoms with Crippen molar-refractivity contribution < 1.29 is 0 Å². The molecule has 0 aromatic carbocycles. The van der Waals surface area contributed by atoms with Crippen LogP contribution in [-0.2, 0) is 0 Å². The van der Waals surface area contributed by atoms with Crippen molar-refractivity contribution in [2.45, 2.75) is 46.1 Å². The molecule has 0 aliphatic carbocycles. The summed E-state index contributed by atoms with van der Waals surface area (Å²) in [6.45, 7) is 7.22. The lowest BCUT2D eigenvalue weighted by atomic mass is 10.0. The molecular weight excluding hydrogens is 222 g/mol. The minimum Gasteiger partial charge on any atom is -0.354 e. The molecular formula is C12H18ClN3. The normalized spacial score (nSPS) is 21.2. The Hall–Kier alpha value is -0.830. The van der Waals surface area contributed by atoms with Crippen LogP contribution in [0.15, 0.2) is 0 Å². The van der Waals surface area contributed by atoms with E-state index in [2.05, 4.69) is 21.8 Å². The Morgan fingerprint density at radius 2 is 2.00 bits per heavy atom. The number of hydrogen-bond acceptors (Lipinski definition) is 3.